The van der Waals surface area contributed by atoms with E-state index in [0.29, 0.717) is 31.2 Å². The Labute approximate surface area is 242 Å². The first-order chi connectivity index (χ1) is 20.4. The monoisotopic (exact) mass is 577 g/mol. The van der Waals surface area contributed by atoms with E-state index in [0.717, 1.165) is 16.5 Å². The van der Waals surface area contributed by atoms with Gasteiger partial charge in [0, 0.05) is 17.4 Å². The number of halogens is 2. The van der Waals surface area contributed by atoms with E-state index in [1.807, 2.05) is 42.5 Å². The molecule has 8 nitrogen and oxygen atoms in total. The first-order valence-electron chi connectivity index (χ1n) is 14.3. The molecule has 6 rings (SSSR count). The van der Waals surface area contributed by atoms with Gasteiger partial charge in [-0.1, -0.05) is 42.5 Å². The molecule has 1 aromatic heterocycles. The Morgan fingerprint density at radius 2 is 1.86 bits per heavy atom. The Kier molecular flexibility index (Phi) is 8.06. The van der Waals surface area contributed by atoms with Crippen LogP contribution in [0, 0.1) is 11.7 Å². The number of hydrogen-bond acceptors (Lipinski definition) is 7. The van der Waals surface area contributed by atoms with Crippen molar-refractivity contribution < 1.29 is 32.3 Å². The smallest absolute Gasteiger partial charge is 0.308 e. The molecule has 42 heavy (non-hydrogen) atoms. The summed E-state index contributed by atoms with van der Waals surface area (Å²) >= 11 is 0. The standard InChI is InChI=1S/C32H33F2N3O5/c1-40-31(39)20-9-12-24(13-10-20)41-18-23-16-22(33)17-37(23)28(38)15-21-11-14-27-30(29(21)34)42-32(36-27)35-26-8-4-6-19-5-2-3-7-25(19)26/h2-8,11,14,20,22-24H,9-10,12-13,15-18H2,1H3,(H,35,36)/t20-,22-,23-,24-/m0/s1. The van der Waals surface area contributed by atoms with E-state index in [1.54, 1.807) is 6.07 Å². The number of fused-ring (bicyclic) bond motifs is 2. The molecule has 0 spiro atoms. The lowest BCUT2D eigenvalue weighted by Crippen LogP contribution is -2.40. The maximum atomic E-state index is 15.5. The van der Waals surface area contributed by atoms with E-state index in [4.69, 9.17) is 13.9 Å². The Hall–Kier alpha value is -4.05. The van der Waals surface area contributed by atoms with Gasteiger partial charge in [0.15, 0.2) is 11.4 Å². The van der Waals surface area contributed by atoms with E-state index in [2.05, 4.69) is 10.3 Å². The average Bonchev–Trinajstić information content (AvgIpc) is 3.60. The lowest BCUT2D eigenvalue weighted by molar-refractivity contribution is -0.148. The lowest BCUT2D eigenvalue weighted by atomic mass is 9.87. The number of methoxy groups -OCH3 is 1. The molecule has 0 bridgehead atoms. The number of oxazole rings is 1. The molecule has 4 aromatic rings. The van der Waals surface area contributed by atoms with Crippen molar-refractivity contribution in [3.05, 3.63) is 66.0 Å². The van der Waals surface area contributed by atoms with Crippen molar-refractivity contribution in [2.75, 3.05) is 25.6 Å². The van der Waals surface area contributed by atoms with Crippen molar-refractivity contribution in [1.29, 1.82) is 0 Å². The molecule has 2 atom stereocenters. The highest BCUT2D eigenvalue weighted by atomic mass is 19.1. The van der Waals surface area contributed by atoms with E-state index < -0.39 is 18.0 Å². The molecule has 0 unspecified atom stereocenters. The van der Waals surface area contributed by atoms with Crippen LogP contribution >= 0.6 is 0 Å². The first kappa shape index (κ1) is 28.1. The number of ether oxygens (including phenoxy) is 2. The SMILES string of the molecule is COC(=O)[C@H]1CC[C@H](OC[C@@H]2C[C@H](F)CN2C(=O)Cc2ccc3nc(Nc4cccc5ccccc45)oc3c2F)CC1. The molecule has 10 heteroatoms. The van der Waals surface area contributed by atoms with Crippen LogP contribution in [0.25, 0.3) is 21.9 Å². The van der Waals surface area contributed by atoms with Crippen LogP contribution in [0.3, 0.4) is 0 Å². The molecule has 0 radical (unpaired) electrons. The fourth-order valence-electron chi connectivity index (χ4n) is 6.11. The van der Waals surface area contributed by atoms with Gasteiger partial charge in [-0.3, -0.25) is 9.59 Å². The number of likely N-dealkylation sites (tertiary alicyclic amines) is 1. The zero-order valence-corrected chi connectivity index (χ0v) is 23.4. The highest BCUT2D eigenvalue weighted by Gasteiger charge is 2.37. The molecular weight excluding hydrogens is 544 g/mol. The molecule has 1 N–H and O–H groups in total. The van der Waals surface area contributed by atoms with E-state index in [1.165, 1.54) is 18.1 Å². The van der Waals surface area contributed by atoms with Gasteiger partial charge in [0.1, 0.15) is 11.7 Å². The summed E-state index contributed by atoms with van der Waals surface area (Å²) in [7, 11) is 1.39. The van der Waals surface area contributed by atoms with Crippen LogP contribution in [0.15, 0.2) is 59.0 Å². The number of carbonyl (C=O) groups excluding carboxylic acids is 2. The number of aromatic nitrogens is 1. The molecule has 1 saturated heterocycles. The normalized spacial score (nSPS) is 22.5. The number of benzene rings is 3. The molecule has 220 valence electrons. The maximum Gasteiger partial charge on any atom is 0.308 e. The van der Waals surface area contributed by atoms with Gasteiger partial charge in [0.05, 0.1) is 50.4 Å². The number of alkyl halides is 1. The van der Waals surface area contributed by atoms with Crippen molar-refractivity contribution in [2.45, 2.75) is 56.8 Å². The van der Waals surface area contributed by atoms with Crippen LogP contribution in [0.4, 0.5) is 20.5 Å². The number of nitrogens with zero attached hydrogens (tertiary/aromatic N) is 2. The van der Waals surface area contributed by atoms with Crippen molar-refractivity contribution in [2.24, 2.45) is 5.92 Å². The third kappa shape index (κ3) is 5.81. The van der Waals surface area contributed by atoms with E-state index >= 15 is 4.39 Å². The predicted octanol–water partition coefficient (Wildman–Crippen LogP) is 6.09. The van der Waals surface area contributed by atoms with Gasteiger partial charge < -0.3 is 24.1 Å². The third-order valence-corrected chi connectivity index (χ3v) is 8.37. The Balaban J connectivity index is 1.11. The summed E-state index contributed by atoms with van der Waals surface area (Å²) in [5, 5.41) is 5.14. The fourth-order valence-corrected chi connectivity index (χ4v) is 6.11. The molecular formula is C32H33F2N3O5. The number of anilines is 2. The molecule has 2 fully saturated rings. The molecule has 3 aromatic carbocycles. The zero-order valence-electron chi connectivity index (χ0n) is 23.4. The molecule has 1 aliphatic carbocycles. The minimum absolute atomic E-state index is 0.0460. The van der Waals surface area contributed by atoms with E-state index in [-0.39, 0.29) is 67.1 Å². The van der Waals surface area contributed by atoms with Crippen LogP contribution < -0.4 is 5.32 Å². The highest BCUT2D eigenvalue weighted by Crippen LogP contribution is 2.31. The number of hydrogen-bond donors (Lipinski definition) is 1. The minimum atomic E-state index is -1.16. The second-order valence-electron chi connectivity index (χ2n) is 11.1. The minimum Gasteiger partial charge on any atom is -0.469 e. The van der Waals surface area contributed by atoms with Gasteiger partial charge in [-0.05, 0) is 43.2 Å². The van der Waals surface area contributed by atoms with E-state index in [9.17, 15) is 14.0 Å². The Morgan fingerprint density at radius 3 is 2.67 bits per heavy atom. The van der Waals surface area contributed by atoms with Gasteiger partial charge in [-0.15, -0.1) is 0 Å². The first-order valence-corrected chi connectivity index (χ1v) is 14.3. The number of esters is 1. The van der Waals surface area contributed by atoms with Gasteiger partial charge in [0.25, 0.3) is 6.01 Å². The van der Waals surface area contributed by atoms with Crippen LogP contribution in [0.2, 0.25) is 0 Å². The Morgan fingerprint density at radius 1 is 1.07 bits per heavy atom. The average molecular weight is 578 g/mol. The van der Waals surface area contributed by atoms with Crippen molar-refractivity contribution in [3.63, 3.8) is 0 Å². The zero-order chi connectivity index (χ0) is 29.2. The van der Waals surface area contributed by atoms with Crippen LogP contribution in [-0.2, 0) is 25.5 Å². The summed E-state index contributed by atoms with van der Waals surface area (Å²) in [6.07, 6.45) is 1.50. The van der Waals surface area contributed by atoms with Gasteiger partial charge in [-0.2, -0.15) is 4.98 Å². The highest BCUT2D eigenvalue weighted by molar-refractivity contribution is 5.95. The summed E-state index contributed by atoms with van der Waals surface area (Å²) < 4.78 is 46.6. The largest absolute Gasteiger partial charge is 0.469 e. The molecule has 1 saturated carbocycles. The predicted molar refractivity (Wildman–Crippen MR) is 154 cm³/mol. The summed E-state index contributed by atoms with van der Waals surface area (Å²) in [6.45, 7) is 0.153. The van der Waals surface area contributed by atoms with Crippen LogP contribution in [-0.4, -0.2) is 60.3 Å². The second-order valence-corrected chi connectivity index (χ2v) is 11.1. The van der Waals surface area contributed by atoms with Crippen LogP contribution in [0.5, 0.6) is 0 Å². The van der Waals surface area contributed by atoms with Crippen molar-refractivity contribution in [3.8, 4) is 0 Å². The van der Waals surface area contributed by atoms with Gasteiger partial charge in [-0.25, -0.2) is 8.78 Å². The van der Waals surface area contributed by atoms with Gasteiger partial charge >= 0.3 is 5.97 Å². The lowest BCUT2D eigenvalue weighted by Gasteiger charge is -2.30. The second kappa shape index (κ2) is 12.1. The topological polar surface area (TPSA) is 93.9 Å². The summed E-state index contributed by atoms with van der Waals surface area (Å²) in [6, 6.07) is 16.5. The Bertz CT molecular complexity index is 1590. The summed E-state index contributed by atoms with van der Waals surface area (Å²) in [4.78, 5) is 30.9. The quantitative estimate of drug-likeness (QED) is 0.253. The fraction of sp³-hybridized carbons (Fsp3) is 0.406. The number of rotatable bonds is 8. The summed E-state index contributed by atoms with van der Waals surface area (Å²) in [5.41, 5.74) is 1.21. The maximum absolute atomic E-state index is 15.5. The molecule has 1 aliphatic heterocycles. The number of amides is 1. The van der Waals surface area contributed by atoms with Gasteiger partial charge in [0.2, 0.25) is 5.91 Å². The number of carbonyl (C=O) groups is 2. The third-order valence-electron chi connectivity index (χ3n) is 8.37. The molecule has 2 heterocycles. The summed E-state index contributed by atoms with van der Waals surface area (Å²) in [5.74, 6) is -1.35. The number of nitrogens with one attached hydrogen (secondary N) is 1. The van der Waals surface area contributed by atoms with Crippen LogP contribution in [0.1, 0.15) is 37.7 Å². The molecule has 2 aliphatic rings. The van der Waals surface area contributed by atoms with Crippen molar-refractivity contribution >= 4 is 45.5 Å². The van der Waals surface area contributed by atoms with Crippen molar-refractivity contribution in [1.82, 2.24) is 9.88 Å². The molecule has 1 amide bonds.